The van der Waals surface area contributed by atoms with Gasteiger partial charge in [-0.05, 0) is 30.3 Å². The van der Waals surface area contributed by atoms with Gasteiger partial charge >= 0.3 is 0 Å². The van der Waals surface area contributed by atoms with E-state index in [2.05, 4.69) is 9.71 Å². The van der Waals surface area contributed by atoms with Gasteiger partial charge in [0.25, 0.3) is 10.0 Å². The molecule has 0 saturated carbocycles. The highest BCUT2D eigenvalue weighted by atomic mass is 35.5. The van der Waals surface area contributed by atoms with Gasteiger partial charge in [-0.25, -0.2) is 17.8 Å². The molecule has 0 bridgehead atoms. The highest BCUT2D eigenvalue weighted by molar-refractivity contribution is 7.92. The third kappa shape index (κ3) is 3.04. The van der Waals surface area contributed by atoms with Crippen molar-refractivity contribution in [2.24, 2.45) is 0 Å². The van der Waals surface area contributed by atoms with Gasteiger partial charge in [0.1, 0.15) is 17.7 Å². The molecule has 0 radical (unpaired) electrons. The summed E-state index contributed by atoms with van der Waals surface area (Å²) in [4.78, 5) is 3.48. The number of sulfonamides is 1. The van der Waals surface area contributed by atoms with E-state index in [1.807, 2.05) is 6.07 Å². The fraction of sp³-hybridized carbons (Fsp3) is 0. The van der Waals surface area contributed by atoms with Crippen LogP contribution in [-0.4, -0.2) is 13.4 Å². The Morgan fingerprint density at radius 1 is 1.30 bits per heavy atom. The fourth-order valence-electron chi connectivity index (χ4n) is 1.39. The first-order valence-electron chi connectivity index (χ1n) is 5.26. The molecule has 0 aliphatic rings. The zero-order valence-electron chi connectivity index (χ0n) is 9.84. The average Bonchev–Trinajstić information content (AvgIpc) is 2.41. The second kappa shape index (κ2) is 5.45. The molecule has 20 heavy (non-hydrogen) atoms. The molecule has 1 aromatic carbocycles. The first-order valence-corrected chi connectivity index (χ1v) is 7.12. The number of hydrogen-bond donors (Lipinski definition) is 1. The summed E-state index contributed by atoms with van der Waals surface area (Å²) in [5.41, 5.74) is 0.172. The molecule has 0 unspecified atom stereocenters. The lowest BCUT2D eigenvalue weighted by molar-refractivity contribution is 0.600. The first-order chi connectivity index (χ1) is 9.42. The summed E-state index contributed by atoms with van der Waals surface area (Å²) in [6.45, 7) is 0. The normalized spacial score (nSPS) is 10.8. The van der Waals surface area contributed by atoms with Crippen LogP contribution in [0.2, 0.25) is 5.02 Å². The first kappa shape index (κ1) is 14.2. The third-order valence-corrected chi connectivity index (χ3v) is 4.00. The van der Waals surface area contributed by atoms with E-state index < -0.39 is 15.8 Å². The minimum absolute atomic E-state index is 0.0214. The molecule has 5 nitrogen and oxygen atoms in total. The lowest BCUT2D eigenvalue weighted by Gasteiger charge is -2.07. The SMILES string of the molecule is N#Cc1ccc(S(=O)(=O)Nc2ccc(F)cn2)cc1Cl. The lowest BCUT2D eigenvalue weighted by Crippen LogP contribution is -2.14. The number of rotatable bonds is 3. The van der Waals surface area contributed by atoms with E-state index in [0.717, 1.165) is 18.3 Å². The van der Waals surface area contributed by atoms with E-state index in [9.17, 15) is 12.8 Å². The number of nitrogens with zero attached hydrogens (tertiary/aromatic N) is 2. The van der Waals surface area contributed by atoms with Crippen molar-refractivity contribution in [1.82, 2.24) is 4.98 Å². The van der Waals surface area contributed by atoms with E-state index in [1.165, 1.54) is 18.2 Å². The van der Waals surface area contributed by atoms with Crippen molar-refractivity contribution in [3.8, 4) is 6.07 Å². The Kier molecular flexibility index (Phi) is 3.88. The van der Waals surface area contributed by atoms with Crippen LogP contribution in [0, 0.1) is 17.1 Å². The number of aromatic nitrogens is 1. The number of benzene rings is 1. The number of hydrogen-bond acceptors (Lipinski definition) is 4. The standard InChI is InChI=1S/C12H7ClFN3O2S/c13-11-5-10(3-1-8(11)6-15)20(18,19)17-12-4-2-9(14)7-16-12/h1-5,7H,(H,16,17). The van der Waals surface area contributed by atoms with Gasteiger partial charge in [-0.15, -0.1) is 0 Å². The molecule has 0 aliphatic heterocycles. The van der Waals surface area contributed by atoms with Gasteiger partial charge in [-0.2, -0.15) is 5.26 Å². The van der Waals surface area contributed by atoms with Crippen LogP contribution in [-0.2, 0) is 10.0 Å². The van der Waals surface area contributed by atoms with Gasteiger partial charge < -0.3 is 0 Å². The van der Waals surface area contributed by atoms with E-state index in [1.54, 1.807) is 0 Å². The third-order valence-electron chi connectivity index (χ3n) is 2.34. The second-order valence-electron chi connectivity index (χ2n) is 3.72. The van der Waals surface area contributed by atoms with Crippen molar-refractivity contribution in [3.05, 3.63) is 52.9 Å². The highest BCUT2D eigenvalue weighted by Gasteiger charge is 2.16. The highest BCUT2D eigenvalue weighted by Crippen LogP contribution is 2.21. The molecule has 2 rings (SSSR count). The summed E-state index contributed by atoms with van der Waals surface area (Å²) in [7, 11) is -3.90. The number of nitrogens with one attached hydrogen (secondary N) is 1. The summed E-state index contributed by atoms with van der Waals surface area (Å²) < 4.78 is 39.0. The summed E-state index contributed by atoms with van der Waals surface area (Å²) in [6, 6.07) is 7.81. The Balaban J connectivity index is 2.33. The molecule has 1 aromatic heterocycles. The molecule has 0 saturated heterocycles. The van der Waals surface area contributed by atoms with Crippen LogP contribution in [0.25, 0.3) is 0 Å². The number of halogens is 2. The van der Waals surface area contributed by atoms with Gasteiger partial charge in [0.15, 0.2) is 0 Å². The molecule has 0 amide bonds. The van der Waals surface area contributed by atoms with Crippen molar-refractivity contribution in [2.75, 3.05) is 4.72 Å². The van der Waals surface area contributed by atoms with Gasteiger partial charge in [-0.3, -0.25) is 4.72 Å². The topological polar surface area (TPSA) is 82.8 Å². The Morgan fingerprint density at radius 2 is 2.05 bits per heavy atom. The zero-order valence-corrected chi connectivity index (χ0v) is 11.4. The molecule has 0 atom stereocenters. The van der Waals surface area contributed by atoms with E-state index >= 15 is 0 Å². The molecular formula is C12H7ClFN3O2S. The maximum atomic E-state index is 12.7. The van der Waals surface area contributed by atoms with Crippen LogP contribution in [0.4, 0.5) is 10.2 Å². The van der Waals surface area contributed by atoms with Crippen LogP contribution in [0.1, 0.15) is 5.56 Å². The number of anilines is 1. The molecule has 0 spiro atoms. The molecule has 1 heterocycles. The number of pyridine rings is 1. The van der Waals surface area contributed by atoms with Crippen LogP contribution in [0.15, 0.2) is 41.4 Å². The summed E-state index contributed by atoms with van der Waals surface area (Å²) >= 11 is 5.78. The maximum Gasteiger partial charge on any atom is 0.263 e. The minimum Gasteiger partial charge on any atom is -0.263 e. The van der Waals surface area contributed by atoms with Crippen LogP contribution >= 0.6 is 11.6 Å². The lowest BCUT2D eigenvalue weighted by atomic mass is 10.2. The van der Waals surface area contributed by atoms with Crippen molar-refractivity contribution in [3.63, 3.8) is 0 Å². The van der Waals surface area contributed by atoms with Crippen molar-refractivity contribution in [1.29, 1.82) is 5.26 Å². The fourth-order valence-corrected chi connectivity index (χ4v) is 2.71. The van der Waals surface area contributed by atoms with E-state index in [0.29, 0.717) is 0 Å². The molecular weight excluding hydrogens is 305 g/mol. The van der Waals surface area contributed by atoms with Crippen molar-refractivity contribution < 1.29 is 12.8 Å². The predicted octanol–water partition coefficient (Wildman–Crippen LogP) is 2.55. The number of nitriles is 1. The van der Waals surface area contributed by atoms with Crippen LogP contribution < -0.4 is 4.72 Å². The quantitative estimate of drug-likeness (QED) is 0.944. The van der Waals surface area contributed by atoms with Crippen LogP contribution in [0.5, 0.6) is 0 Å². The van der Waals surface area contributed by atoms with E-state index in [-0.39, 0.29) is 21.3 Å². The summed E-state index contributed by atoms with van der Waals surface area (Å²) in [5, 5.41) is 8.76. The molecule has 8 heteroatoms. The molecule has 0 fully saturated rings. The maximum absolute atomic E-state index is 12.7. The molecule has 2 aromatic rings. The minimum atomic E-state index is -3.90. The predicted molar refractivity (Wildman–Crippen MR) is 71.2 cm³/mol. The monoisotopic (exact) mass is 311 g/mol. The molecule has 102 valence electrons. The van der Waals surface area contributed by atoms with E-state index in [4.69, 9.17) is 16.9 Å². The van der Waals surface area contributed by atoms with Gasteiger partial charge in [0.2, 0.25) is 0 Å². The smallest absolute Gasteiger partial charge is 0.263 e. The molecule has 1 N–H and O–H groups in total. The van der Waals surface area contributed by atoms with Crippen molar-refractivity contribution in [2.45, 2.75) is 4.90 Å². The Morgan fingerprint density at radius 3 is 2.60 bits per heavy atom. The Hall–Kier alpha value is -2.17. The van der Waals surface area contributed by atoms with Crippen molar-refractivity contribution >= 4 is 27.4 Å². The summed E-state index contributed by atoms with van der Waals surface area (Å²) in [5.74, 6) is -0.596. The largest absolute Gasteiger partial charge is 0.263 e. The average molecular weight is 312 g/mol. The van der Waals surface area contributed by atoms with Gasteiger partial charge in [0.05, 0.1) is 21.7 Å². The Labute approximate surface area is 119 Å². The Bertz CT molecular complexity index is 785. The summed E-state index contributed by atoms with van der Waals surface area (Å²) in [6.07, 6.45) is 0.892. The molecule has 0 aliphatic carbocycles. The second-order valence-corrected chi connectivity index (χ2v) is 5.81. The van der Waals surface area contributed by atoms with Crippen LogP contribution in [0.3, 0.4) is 0 Å². The zero-order chi connectivity index (χ0) is 14.8. The van der Waals surface area contributed by atoms with Gasteiger partial charge in [-0.1, -0.05) is 11.6 Å². The van der Waals surface area contributed by atoms with Gasteiger partial charge in [0, 0.05) is 0 Å².